The van der Waals surface area contributed by atoms with Gasteiger partial charge in [0.05, 0.1) is 0 Å². The molecule has 0 saturated heterocycles. The van der Waals surface area contributed by atoms with Gasteiger partial charge in [-0.3, -0.25) is 0 Å². The maximum atomic E-state index is 5.85. The van der Waals surface area contributed by atoms with Crippen LogP contribution in [-0.2, 0) is 6.42 Å². The largest absolute Gasteiger partial charge is 0.372 e. The number of rotatable bonds is 5. The van der Waals surface area contributed by atoms with Crippen molar-refractivity contribution in [3.63, 3.8) is 0 Å². The van der Waals surface area contributed by atoms with Crippen LogP contribution in [0.15, 0.2) is 22.7 Å². The van der Waals surface area contributed by atoms with Crippen molar-refractivity contribution in [2.45, 2.75) is 46.2 Å². The quantitative estimate of drug-likeness (QED) is 0.895. The standard InChI is InChI=1S/C15H25BrN2/c1-10(2)12(4)18(5)14-7-6-13(8-11(3)17)15(16)9-14/h6-7,9-12H,8,17H2,1-5H3. The Morgan fingerprint density at radius 3 is 2.28 bits per heavy atom. The highest BCUT2D eigenvalue weighted by Gasteiger charge is 2.14. The third-order valence-corrected chi connectivity index (χ3v) is 4.30. The van der Waals surface area contributed by atoms with E-state index < -0.39 is 0 Å². The average Bonchev–Trinajstić information content (AvgIpc) is 2.29. The highest BCUT2D eigenvalue weighted by Crippen LogP contribution is 2.26. The van der Waals surface area contributed by atoms with E-state index in [0.717, 1.165) is 10.9 Å². The summed E-state index contributed by atoms with van der Waals surface area (Å²) in [5.41, 5.74) is 8.37. The van der Waals surface area contributed by atoms with Crippen molar-refractivity contribution in [1.82, 2.24) is 0 Å². The lowest BCUT2D eigenvalue weighted by Crippen LogP contribution is -2.33. The van der Waals surface area contributed by atoms with Crippen LogP contribution in [0, 0.1) is 5.92 Å². The monoisotopic (exact) mass is 312 g/mol. The fourth-order valence-corrected chi connectivity index (χ4v) is 2.48. The van der Waals surface area contributed by atoms with Gasteiger partial charge in [-0.25, -0.2) is 0 Å². The van der Waals surface area contributed by atoms with Crippen molar-refractivity contribution in [1.29, 1.82) is 0 Å². The van der Waals surface area contributed by atoms with Crippen molar-refractivity contribution < 1.29 is 0 Å². The molecule has 2 unspecified atom stereocenters. The summed E-state index contributed by atoms with van der Waals surface area (Å²) in [6, 6.07) is 7.26. The first kappa shape index (κ1) is 15.5. The van der Waals surface area contributed by atoms with Crippen LogP contribution in [0.5, 0.6) is 0 Å². The molecular weight excluding hydrogens is 288 g/mol. The molecule has 2 atom stereocenters. The zero-order valence-electron chi connectivity index (χ0n) is 12.1. The predicted octanol–water partition coefficient (Wildman–Crippen LogP) is 3.82. The minimum atomic E-state index is 0.194. The number of anilines is 1. The van der Waals surface area contributed by atoms with E-state index in [4.69, 9.17) is 5.73 Å². The molecule has 0 radical (unpaired) electrons. The molecule has 0 aliphatic heterocycles. The molecule has 0 aliphatic carbocycles. The maximum absolute atomic E-state index is 5.85. The first-order chi connectivity index (χ1) is 8.32. The van der Waals surface area contributed by atoms with Crippen molar-refractivity contribution in [2.24, 2.45) is 11.7 Å². The second-order valence-corrected chi connectivity index (χ2v) is 6.41. The maximum Gasteiger partial charge on any atom is 0.0377 e. The predicted molar refractivity (Wildman–Crippen MR) is 84.2 cm³/mol. The summed E-state index contributed by atoms with van der Waals surface area (Å²) in [6.07, 6.45) is 0.907. The number of nitrogens with two attached hydrogens (primary N) is 1. The lowest BCUT2D eigenvalue weighted by atomic mass is 10.0. The Hall–Kier alpha value is -0.540. The summed E-state index contributed by atoms with van der Waals surface area (Å²) in [7, 11) is 2.15. The number of halogens is 1. The fourth-order valence-electron chi connectivity index (χ4n) is 1.95. The summed E-state index contributed by atoms with van der Waals surface area (Å²) in [6.45, 7) is 8.79. The van der Waals surface area contributed by atoms with Crippen LogP contribution in [0.3, 0.4) is 0 Å². The van der Waals surface area contributed by atoms with Crippen LogP contribution in [-0.4, -0.2) is 19.1 Å². The van der Waals surface area contributed by atoms with Crippen LogP contribution >= 0.6 is 15.9 Å². The molecule has 0 bridgehead atoms. The van der Waals surface area contributed by atoms with Gasteiger partial charge in [0.15, 0.2) is 0 Å². The van der Waals surface area contributed by atoms with Crippen LogP contribution in [0.1, 0.15) is 33.3 Å². The molecule has 0 heterocycles. The third-order valence-electron chi connectivity index (χ3n) is 3.56. The third kappa shape index (κ3) is 3.99. The van der Waals surface area contributed by atoms with E-state index in [-0.39, 0.29) is 6.04 Å². The summed E-state index contributed by atoms with van der Waals surface area (Å²) >= 11 is 3.65. The Labute approximate surface area is 120 Å². The van der Waals surface area contributed by atoms with Gasteiger partial charge in [-0.15, -0.1) is 0 Å². The molecule has 0 saturated carbocycles. The Morgan fingerprint density at radius 1 is 1.22 bits per heavy atom. The Balaban J connectivity index is 2.90. The molecular formula is C15H25BrN2. The van der Waals surface area contributed by atoms with E-state index in [1.807, 2.05) is 6.92 Å². The van der Waals surface area contributed by atoms with Gasteiger partial charge >= 0.3 is 0 Å². The SMILES string of the molecule is CC(N)Cc1ccc(N(C)C(C)C(C)C)cc1Br. The summed E-state index contributed by atoms with van der Waals surface area (Å²) in [5, 5.41) is 0. The molecule has 2 nitrogen and oxygen atoms in total. The minimum absolute atomic E-state index is 0.194. The van der Waals surface area contributed by atoms with Gasteiger partial charge in [0.25, 0.3) is 0 Å². The Morgan fingerprint density at radius 2 is 1.83 bits per heavy atom. The number of benzene rings is 1. The molecule has 2 N–H and O–H groups in total. The number of nitrogens with zero attached hydrogens (tertiary/aromatic N) is 1. The normalized spacial score (nSPS) is 14.7. The van der Waals surface area contributed by atoms with E-state index in [1.54, 1.807) is 0 Å². The minimum Gasteiger partial charge on any atom is -0.372 e. The van der Waals surface area contributed by atoms with Gasteiger partial charge in [0, 0.05) is 29.3 Å². The molecule has 1 aromatic carbocycles. The van der Waals surface area contributed by atoms with Crippen molar-refractivity contribution >= 4 is 21.6 Å². The second-order valence-electron chi connectivity index (χ2n) is 5.55. The Bertz CT molecular complexity index is 388. The van der Waals surface area contributed by atoms with E-state index in [9.17, 15) is 0 Å². The molecule has 0 amide bonds. The lowest BCUT2D eigenvalue weighted by molar-refractivity contribution is 0.505. The molecule has 0 aliphatic rings. The molecule has 0 aromatic heterocycles. The zero-order chi connectivity index (χ0) is 13.9. The van der Waals surface area contributed by atoms with Gasteiger partial charge < -0.3 is 10.6 Å². The summed E-state index contributed by atoms with van der Waals surface area (Å²) < 4.78 is 1.15. The van der Waals surface area contributed by atoms with Crippen molar-refractivity contribution in [3.8, 4) is 0 Å². The van der Waals surface area contributed by atoms with Gasteiger partial charge in [0.1, 0.15) is 0 Å². The molecule has 1 rings (SSSR count). The molecule has 0 spiro atoms. The number of hydrogen-bond donors (Lipinski definition) is 1. The second kappa shape index (κ2) is 6.58. The first-order valence-electron chi connectivity index (χ1n) is 6.59. The van der Waals surface area contributed by atoms with E-state index >= 15 is 0 Å². The zero-order valence-corrected chi connectivity index (χ0v) is 13.7. The molecule has 3 heteroatoms. The van der Waals surface area contributed by atoms with Gasteiger partial charge in [-0.1, -0.05) is 35.8 Å². The molecule has 102 valence electrons. The highest BCUT2D eigenvalue weighted by atomic mass is 79.9. The van der Waals surface area contributed by atoms with Crippen LogP contribution in [0.2, 0.25) is 0 Å². The Kier molecular flexibility index (Phi) is 5.67. The lowest BCUT2D eigenvalue weighted by Gasteiger charge is -2.30. The topological polar surface area (TPSA) is 29.3 Å². The van der Waals surface area contributed by atoms with E-state index in [1.165, 1.54) is 11.3 Å². The first-order valence-corrected chi connectivity index (χ1v) is 7.39. The van der Waals surface area contributed by atoms with Gasteiger partial charge in [-0.05, 0) is 43.9 Å². The van der Waals surface area contributed by atoms with E-state index in [2.05, 4.69) is 66.8 Å². The van der Waals surface area contributed by atoms with Crippen LogP contribution < -0.4 is 10.6 Å². The number of hydrogen-bond acceptors (Lipinski definition) is 2. The van der Waals surface area contributed by atoms with Gasteiger partial charge in [-0.2, -0.15) is 0 Å². The van der Waals surface area contributed by atoms with E-state index in [0.29, 0.717) is 12.0 Å². The average molecular weight is 313 g/mol. The molecule has 18 heavy (non-hydrogen) atoms. The van der Waals surface area contributed by atoms with Crippen LogP contribution in [0.4, 0.5) is 5.69 Å². The van der Waals surface area contributed by atoms with Crippen molar-refractivity contribution in [3.05, 3.63) is 28.2 Å². The fraction of sp³-hybridized carbons (Fsp3) is 0.600. The van der Waals surface area contributed by atoms with Gasteiger partial charge in [0.2, 0.25) is 0 Å². The molecule has 1 aromatic rings. The smallest absolute Gasteiger partial charge is 0.0377 e. The molecule has 0 fully saturated rings. The van der Waals surface area contributed by atoms with Crippen LogP contribution in [0.25, 0.3) is 0 Å². The highest BCUT2D eigenvalue weighted by molar-refractivity contribution is 9.10. The summed E-state index contributed by atoms with van der Waals surface area (Å²) in [5.74, 6) is 0.637. The van der Waals surface area contributed by atoms with Crippen molar-refractivity contribution in [2.75, 3.05) is 11.9 Å². The summed E-state index contributed by atoms with van der Waals surface area (Å²) in [4.78, 5) is 2.32.